The fraction of sp³-hybridized carbons (Fsp3) is 0.533. The van der Waals surface area contributed by atoms with Crippen LogP contribution in [0.5, 0.6) is 0 Å². The van der Waals surface area contributed by atoms with E-state index in [0.717, 1.165) is 0 Å². The van der Waals surface area contributed by atoms with Crippen LogP contribution in [0, 0.1) is 0 Å². The maximum absolute atomic E-state index is 13.3. The zero-order valence-corrected chi connectivity index (χ0v) is 12.6. The molecule has 0 aromatic heterocycles. The van der Waals surface area contributed by atoms with Gasteiger partial charge in [-0.15, -0.1) is 0 Å². The number of morpholine rings is 1. The molecule has 128 valence electrons. The summed E-state index contributed by atoms with van der Waals surface area (Å²) in [7, 11) is 0. The molecule has 23 heavy (non-hydrogen) atoms. The molecule has 3 atom stereocenters. The first-order valence-electron chi connectivity index (χ1n) is 7.24. The number of hydrogen-bond acceptors (Lipinski definition) is 3. The van der Waals surface area contributed by atoms with Crippen LogP contribution in [-0.2, 0) is 4.74 Å². The molecule has 5 nitrogen and oxygen atoms in total. The Balaban J connectivity index is 2.14. The molecule has 8 heteroatoms. The lowest BCUT2D eigenvalue weighted by molar-refractivity contribution is -0.156. The second-order valence-electron chi connectivity index (χ2n) is 5.47. The van der Waals surface area contributed by atoms with Gasteiger partial charge in [-0.1, -0.05) is 30.3 Å². The number of nitrogens with one attached hydrogen (secondary N) is 1. The molecule has 1 aromatic carbocycles. The monoisotopic (exact) mass is 332 g/mol. The van der Waals surface area contributed by atoms with Crippen LogP contribution in [-0.4, -0.2) is 54.1 Å². The Morgan fingerprint density at radius 1 is 1.43 bits per heavy atom. The molecule has 0 saturated carbocycles. The number of benzene rings is 1. The Kier molecular flexibility index (Phi) is 5.48. The molecule has 0 spiro atoms. The van der Waals surface area contributed by atoms with Gasteiger partial charge in [0, 0.05) is 0 Å². The highest BCUT2D eigenvalue weighted by molar-refractivity contribution is 5.75. The molecular weight excluding hydrogens is 313 g/mol. The van der Waals surface area contributed by atoms with Gasteiger partial charge in [0.15, 0.2) is 6.04 Å². The lowest BCUT2D eigenvalue weighted by Gasteiger charge is -2.38. The molecule has 2 N–H and O–H groups in total. The van der Waals surface area contributed by atoms with Gasteiger partial charge in [-0.05, 0) is 12.5 Å². The number of aliphatic hydroxyl groups excluding tert-OH is 1. The predicted octanol–water partition coefficient (Wildman–Crippen LogP) is 2.08. The quantitative estimate of drug-likeness (QED) is 0.891. The summed E-state index contributed by atoms with van der Waals surface area (Å²) in [5.74, 6) is 0. The fourth-order valence-electron chi connectivity index (χ4n) is 2.42. The summed E-state index contributed by atoms with van der Waals surface area (Å²) in [6.45, 7) is 1.60. The average Bonchev–Trinajstić information content (AvgIpc) is 2.52. The molecule has 0 radical (unpaired) electrons. The summed E-state index contributed by atoms with van der Waals surface area (Å²) >= 11 is 0. The molecule has 1 aliphatic rings. The van der Waals surface area contributed by atoms with Gasteiger partial charge >= 0.3 is 12.2 Å². The summed E-state index contributed by atoms with van der Waals surface area (Å²) in [4.78, 5) is 13.5. The number of ether oxygens (including phenoxy) is 1. The van der Waals surface area contributed by atoms with Crippen molar-refractivity contribution in [3.05, 3.63) is 35.9 Å². The number of amides is 2. The van der Waals surface area contributed by atoms with Crippen molar-refractivity contribution in [2.45, 2.75) is 31.3 Å². The molecule has 0 bridgehead atoms. The van der Waals surface area contributed by atoms with E-state index < -0.39 is 24.4 Å². The minimum Gasteiger partial charge on any atom is -0.394 e. The van der Waals surface area contributed by atoms with Crippen LogP contribution in [0.3, 0.4) is 0 Å². The maximum Gasteiger partial charge on any atom is 0.412 e. The smallest absolute Gasteiger partial charge is 0.394 e. The van der Waals surface area contributed by atoms with E-state index in [1.54, 1.807) is 13.0 Å². The highest BCUT2D eigenvalue weighted by atomic mass is 19.4. The van der Waals surface area contributed by atoms with Crippen molar-refractivity contribution in [3.8, 4) is 0 Å². The number of urea groups is 1. The van der Waals surface area contributed by atoms with Crippen molar-refractivity contribution in [1.29, 1.82) is 0 Å². The van der Waals surface area contributed by atoms with Crippen LogP contribution in [0.2, 0.25) is 0 Å². The second-order valence-corrected chi connectivity index (χ2v) is 5.47. The number of carbonyl (C=O) groups excluding carboxylic acids is 1. The molecule has 2 rings (SSSR count). The Bertz CT molecular complexity index is 524. The van der Waals surface area contributed by atoms with Crippen molar-refractivity contribution in [2.24, 2.45) is 0 Å². The van der Waals surface area contributed by atoms with Crippen LogP contribution in [0.25, 0.3) is 0 Å². The second kappa shape index (κ2) is 7.18. The number of aliphatic hydroxyl groups is 1. The fourth-order valence-corrected chi connectivity index (χ4v) is 2.42. The van der Waals surface area contributed by atoms with Gasteiger partial charge in [-0.2, -0.15) is 13.2 Å². The summed E-state index contributed by atoms with van der Waals surface area (Å²) in [5.41, 5.74) is -0.0343. The van der Waals surface area contributed by atoms with Gasteiger partial charge in [0.05, 0.1) is 31.9 Å². The average molecular weight is 332 g/mol. The van der Waals surface area contributed by atoms with Crippen molar-refractivity contribution in [1.82, 2.24) is 10.2 Å². The normalized spacial score (nSPS) is 23.4. The number of hydrogen-bond donors (Lipinski definition) is 2. The van der Waals surface area contributed by atoms with Gasteiger partial charge in [0.1, 0.15) is 0 Å². The highest BCUT2D eigenvalue weighted by Gasteiger charge is 2.43. The van der Waals surface area contributed by atoms with Gasteiger partial charge in [-0.3, -0.25) is 0 Å². The van der Waals surface area contributed by atoms with Gasteiger partial charge in [0.25, 0.3) is 0 Å². The van der Waals surface area contributed by atoms with E-state index in [1.165, 1.54) is 29.2 Å². The van der Waals surface area contributed by atoms with E-state index >= 15 is 0 Å². The molecular formula is C15H19F3N2O3. The van der Waals surface area contributed by atoms with Gasteiger partial charge in [0.2, 0.25) is 0 Å². The van der Waals surface area contributed by atoms with Crippen LogP contribution in [0.1, 0.15) is 18.5 Å². The number of alkyl halides is 3. The summed E-state index contributed by atoms with van der Waals surface area (Å²) in [6.07, 6.45) is -5.19. The number of carbonyl (C=O) groups is 1. The van der Waals surface area contributed by atoms with Crippen molar-refractivity contribution in [3.63, 3.8) is 0 Å². The maximum atomic E-state index is 13.3. The molecule has 1 aliphatic heterocycles. The summed E-state index contributed by atoms with van der Waals surface area (Å²) in [6, 6.07) is 3.93. The minimum absolute atomic E-state index is 0.0343. The molecule has 1 aromatic rings. The lowest BCUT2D eigenvalue weighted by atomic mass is 10.1. The number of nitrogens with zero attached hydrogens (tertiary/aromatic N) is 1. The van der Waals surface area contributed by atoms with Gasteiger partial charge in [-0.25, -0.2) is 4.79 Å². The third-order valence-corrected chi connectivity index (χ3v) is 3.70. The van der Waals surface area contributed by atoms with Crippen LogP contribution >= 0.6 is 0 Å². The summed E-state index contributed by atoms with van der Waals surface area (Å²) in [5, 5.41) is 11.1. The van der Waals surface area contributed by atoms with E-state index in [9.17, 15) is 18.0 Å². The van der Waals surface area contributed by atoms with E-state index in [0.29, 0.717) is 0 Å². The minimum atomic E-state index is -4.61. The summed E-state index contributed by atoms with van der Waals surface area (Å²) < 4.78 is 45.1. The Hall–Kier alpha value is -1.80. The number of rotatable bonds is 3. The SMILES string of the molecule is C[C@@H]1CO[C@H](CO)CN1C(=O)N[C@@H](c1ccccc1)C(F)(F)F. The number of halogens is 3. The Labute approximate surface area is 132 Å². The highest BCUT2D eigenvalue weighted by Crippen LogP contribution is 2.32. The zero-order chi connectivity index (χ0) is 17.0. The van der Waals surface area contributed by atoms with Crippen molar-refractivity contribution < 1.29 is 27.8 Å². The molecule has 0 aliphatic carbocycles. The molecule has 2 amide bonds. The van der Waals surface area contributed by atoms with Crippen molar-refractivity contribution in [2.75, 3.05) is 19.8 Å². The first-order chi connectivity index (χ1) is 10.8. The molecule has 1 saturated heterocycles. The molecule has 1 heterocycles. The predicted molar refractivity (Wildman–Crippen MR) is 76.8 cm³/mol. The van der Waals surface area contributed by atoms with Crippen LogP contribution in [0.4, 0.5) is 18.0 Å². The topological polar surface area (TPSA) is 61.8 Å². The first-order valence-corrected chi connectivity index (χ1v) is 7.24. The van der Waals surface area contributed by atoms with Crippen LogP contribution < -0.4 is 5.32 Å². The zero-order valence-electron chi connectivity index (χ0n) is 12.6. The first kappa shape index (κ1) is 17.6. The third-order valence-electron chi connectivity index (χ3n) is 3.70. The lowest BCUT2D eigenvalue weighted by Crippen LogP contribution is -2.56. The van der Waals surface area contributed by atoms with E-state index in [4.69, 9.17) is 9.84 Å². The van der Waals surface area contributed by atoms with Gasteiger partial charge < -0.3 is 20.1 Å². The van der Waals surface area contributed by atoms with E-state index in [1.807, 2.05) is 5.32 Å². The Morgan fingerprint density at radius 3 is 2.65 bits per heavy atom. The molecule has 1 fully saturated rings. The largest absolute Gasteiger partial charge is 0.412 e. The Morgan fingerprint density at radius 2 is 2.09 bits per heavy atom. The van der Waals surface area contributed by atoms with E-state index in [2.05, 4.69) is 0 Å². The van der Waals surface area contributed by atoms with Crippen molar-refractivity contribution >= 4 is 6.03 Å². The standard InChI is InChI=1S/C15H19F3N2O3/c1-10-9-23-12(8-21)7-20(10)14(22)19-13(15(16,17)18)11-5-3-2-4-6-11/h2-6,10,12-13,21H,7-9H2,1H3,(H,19,22)/t10-,12+,13+/m1/s1. The van der Waals surface area contributed by atoms with E-state index in [-0.39, 0.29) is 31.4 Å². The third kappa shape index (κ3) is 4.35. The van der Waals surface area contributed by atoms with Crippen LogP contribution in [0.15, 0.2) is 30.3 Å². The molecule has 0 unspecified atom stereocenters.